The summed E-state index contributed by atoms with van der Waals surface area (Å²) in [4.78, 5) is 57.2. The van der Waals surface area contributed by atoms with E-state index in [0.717, 1.165) is 5.56 Å². The number of aliphatic hydroxyl groups is 1. The number of ether oxygens (including phenoxy) is 2. The normalized spacial score (nSPS) is 27.2. The third-order valence-corrected chi connectivity index (χ3v) is 8.68. The van der Waals surface area contributed by atoms with Crippen molar-refractivity contribution in [2.75, 3.05) is 19.7 Å². The molecule has 4 rings (SSSR count). The van der Waals surface area contributed by atoms with Gasteiger partial charge in [-0.15, -0.1) is 13.2 Å². The molecule has 7 atom stereocenters. The van der Waals surface area contributed by atoms with Crippen LogP contribution in [0, 0.1) is 11.8 Å². The number of rotatable bonds is 15. The number of allylic oxidation sites excluding steroid dienone is 1. The van der Waals surface area contributed by atoms with E-state index in [1.54, 1.807) is 24.0 Å². The van der Waals surface area contributed by atoms with E-state index in [9.17, 15) is 24.3 Å². The first-order chi connectivity index (χ1) is 20.2. The van der Waals surface area contributed by atoms with Crippen molar-refractivity contribution in [3.8, 4) is 0 Å². The summed E-state index contributed by atoms with van der Waals surface area (Å²) in [5.74, 6) is -3.21. The van der Waals surface area contributed by atoms with Gasteiger partial charge < -0.3 is 29.7 Å². The van der Waals surface area contributed by atoms with E-state index in [2.05, 4.69) is 18.5 Å². The minimum atomic E-state index is -1.21. The molecule has 0 aromatic heterocycles. The van der Waals surface area contributed by atoms with Crippen LogP contribution in [-0.2, 0) is 35.2 Å². The van der Waals surface area contributed by atoms with Crippen molar-refractivity contribution in [3.63, 3.8) is 0 Å². The fourth-order valence-corrected chi connectivity index (χ4v) is 6.71. The highest BCUT2D eigenvalue weighted by atomic mass is 16.6. The first-order valence-electron chi connectivity index (χ1n) is 14.8. The summed E-state index contributed by atoms with van der Waals surface area (Å²) >= 11 is 0. The van der Waals surface area contributed by atoms with Crippen LogP contribution in [0.5, 0.6) is 0 Å². The molecule has 2 bridgehead atoms. The Kier molecular flexibility index (Phi) is 10.2. The highest BCUT2D eigenvalue weighted by molar-refractivity contribution is 5.98. The molecule has 10 heteroatoms. The van der Waals surface area contributed by atoms with E-state index in [-0.39, 0.29) is 37.4 Å². The molecule has 2 N–H and O–H groups in total. The molecule has 3 aliphatic heterocycles. The van der Waals surface area contributed by atoms with E-state index >= 15 is 0 Å². The number of carbonyl (C=O) groups excluding carboxylic acids is 4. The van der Waals surface area contributed by atoms with Gasteiger partial charge in [0.15, 0.2) is 0 Å². The lowest BCUT2D eigenvalue weighted by Gasteiger charge is -2.39. The summed E-state index contributed by atoms with van der Waals surface area (Å²) in [5.41, 5.74) is -0.279. The third kappa shape index (κ3) is 6.01. The Bertz CT molecular complexity index is 1170. The summed E-state index contributed by atoms with van der Waals surface area (Å²) in [5, 5.41) is 13.0. The molecule has 3 saturated heterocycles. The van der Waals surface area contributed by atoms with Gasteiger partial charge in [-0.3, -0.25) is 19.2 Å². The average Bonchev–Trinajstić information content (AvgIpc) is 3.63. The molecule has 3 heterocycles. The number of hydrogen-bond acceptors (Lipinski definition) is 7. The van der Waals surface area contributed by atoms with Gasteiger partial charge in [0, 0.05) is 19.5 Å². The van der Waals surface area contributed by atoms with Gasteiger partial charge in [0.2, 0.25) is 17.7 Å². The molecule has 0 saturated carbocycles. The number of aliphatic hydroxyl groups excluding tert-OH is 1. The molecule has 1 aromatic carbocycles. The van der Waals surface area contributed by atoms with Crippen LogP contribution >= 0.6 is 0 Å². The zero-order valence-corrected chi connectivity index (χ0v) is 24.6. The predicted octanol–water partition coefficient (Wildman–Crippen LogP) is 2.36. The molecule has 3 fully saturated rings. The zero-order valence-electron chi connectivity index (χ0n) is 24.6. The molecule has 0 unspecified atom stereocenters. The lowest BCUT2D eigenvalue weighted by atomic mass is 9.70. The van der Waals surface area contributed by atoms with Gasteiger partial charge in [-0.25, -0.2) is 0 Å². The maximum atomic E-state index is 14.4. The molecule has 10 nitrogen and oxygen atoms in total. The number of likely N-dealkylation sites (tertiary alicyclic amines) is 1. The monoisotopic (exact) mass is 581 g/mol. The fraction of sp³-hybridized carbons (Fsp3) is 0.562. The maximum Gasteiger partial charge on any atom is 0.312 e. The Morgan fingerprint density at radius 1 is 1.26 bits per heavy atom. The Morgan fingerprint density at radius 3 is 2.64 bits per heavy atom. The smallest absolute Gasteiger partial charge is 0.312 e. The second-order valence-corrected chi connectivity index (χ2v) is 11.4. The van der Waals surface area contributed by atoms with Gasteiger partial charge >= 0.3 is 5.97 Å². The highest BCUT2D eigenvalue weighted by Crippen LogP contribution is 2.59. The first-order valence-corrected chi connectivity index (χ1v) is 14.8. The van der Waals surface area contributed by atoms with Crippen molar-refractivity contribution in [3.05, 3.63) is 61.2 Å². The van der Waals surface area contributed by atoms with Crippen LogP contribution < -0.4 is 5.32 Å². The summed E-state index contributed by atoms with van der Waals surface area (Å²) < 4.78 is 12.2. The third-order valence-electron chi connectivity index (χ3n) is 8.68. The molecule has 0 radical (unpaired) electrons. The quantitative estimate of drug-likeness (QED) is 0.241. The molecule has 3 amide bonds. The minimum absolute atomic E-state index is 0.134. The topological polar surface area (TPSA) is 125 Å². The van der Waals surface area contributed by atoms with E-state index in [1.165, 1.54) is 4.90 Å². The van der Waals surface area contributed by atoms with Crippen molar-refractivity contribution >= 4 is 23.7 Å². The molecule has 0 aliphatic carbocycles. The van der Waals surface area contributed by atoms with E-state index in [0.29, 0.717) is 38.6 Å². The standard InChI is InChI=1S/C32H43N3O7/c1-5-8-14-25(37)33-18-21(4)41-31(40)26-24-15-16-32(42-24)27(26)29(38)35(23(7-3)20-36)28(32)30(39)34(17-6-2)19-22-12-10-9-11-13-22/h5-6,9-13,21,23-24,26-28,36H,1-2,7-8,14-20H2,3-4H3,(H,33,37)/t21-,23-,24+,26-,27-,28+,32-/m0/s1. The Labute approximate surface area is 247 Å². The number of nitrogens with one attached hydrogen (secondary N) is 1. The summed E-state index contributed by atoms with van der Waals surface area (Å²) in [6.45, 7) is 11.3. The SMILES string of the molecule is C=CCCC(=O)NC[C@H](C)OC(=O)[C@@H]1[C@H]2C(=O)N([C@@H](CC)CO)[C@H](C(=O)N(CC=C)Cc3ccccc3)[C@]23CC[C@H]1O3. The molecule has 228 valence electrons. The largest absolute Gasteiger partial charge is 0.460 e. The van der Waals surface area contributed by atoms with Crippen molar-refractivity contribution < 1.29 is 33.8 Å². The Morgan fingerprint density at radius 2 is 2.00 bits per heavy atom. The van der Waals surface area contributed by atoms with Crippen LogP contribution in [0.25, 0.3) is 0 Å². The summed E-state index contributed by atoms with van der Waals surface area (Å²) in [6, 6.07) is 7.94. The lowest BCUT2D eigenvalue weighted by molar-refractivity contribution is -0.160. The van der Waals surface area contributed by atoms with Crippen LogP contribution in [0.1, 0.15) is 51.5 Å². The van der Waals surface area contributed by atoms with Crippen LogP contribution in [0.2, 0.25) is 0 Å². The van der Waals surface area contributed by atoms with E-state index in [4.69, 9.17) is 9.47 Å². The predicted molar refractivity (Wildman–Crippen MR) is 156 cm³/mol. The van der Waals surface area contributed by atoms with Crippen molar-refractivity contribution in [1.82, 2.24) is 15.1 Å². The molecule has 1 spiro atoms. The van der Waals surface area contributed by atoms with Crippen LogP contribution in [-0.4, -0.2) is 88.2 Å². The van der Waals surface area contributed by atoms with Gasteiger partial charge in [0.25, 0.3) is 0 Å². The minimum Gasteiger partial charge on any atom is -0.460 e. The van der Waals surface area contributed by atoms with Crippen molar-refractivity contribution in [1.29, 1.82) is 0 Å². The van der Waals surface area contributed by atoms with Crippen molar-refractivity contribution in [2.24, 2.45) is 11.8 Å². The molecule has 1 aromatic rings. The average molecular weight is 582 g/mol. The highest BCUT2D eigenvalue weighted by Gasteiger charge is 2.75. The number of esters is 1. The Balaban J connectivity index is 1.60. The van der Waals surface area contributed by atoms with Crippen LogP contribution in [0.15, 0.2) is 55.6 Å². The van der Waals surface area contributed by atoms with Crippen LogP contribution in [0.4, 0.5) is 0 Å². The molecule has 3 aliphatic rings. The number of benzene rings is 1. The van der Waals surface area contributed by atoms with Gasteiger partial charge in [-0.05, 0) is 38.2 Å². The maximum absolute atomic E-state index is 14.4. The van der Waals surface area contributed by atoms with Gasteiger partial charge in [-0.2, -0.15) is 0 Å². The number of carbonyl (C=O) groups is 4. The van der Waals surface area contributed by atoms with Crippen molar-refractivity contribution in [2.45, 2.75) is 82.4 Å². The summed E-state index contributed by atoms with van der Waals surface area (Å²) in [7, 11) is 0. The number of nitrogens with zero attached hydrogens (tertiary/aromatic N) is 2. The first kappa shape index (κ1) is 31.4. The van der Waals surface area contributed by atoms with Gasteiger partial charge in [0.05, 0.1) is 37.1 Å². The number of amides is 3. The van der Waals surface area contributed by atoms with Gasteiger partial charge in [-0.1, -0.05) is 49.4 Å². The van der Waals surface area contributed by atoms with E-state index in [1.807, 2.05) is 37.3 Å². The lowest BCUT2D eigenvalue weighted by Crippen LogP contribution is -2.58. The van der Waals surface area contributed by atoms with E-state index < -0.39 is 47.7 Å². The molecule has 42 heavy (non-hydrogen) atoms. The second-order valence-electron chi connectivity index (χ2n) is 11.4. The molecular formula is C32H43N3O7. The number of fused-ring (bicyclic) bond motifs is 1. The fourth-order valence-electron chi connectivity index (χ4n) is 6.71. The second kappa shape index (κ2) is 13.6. The molecular weight excluding hydrogens is 538 g/mol. The van der Waals surface area contributed by atoms with Gasteiger partial charge in [0.1, 0.15) is 17.7 Å². The summed E-state index contributed by atoms with van der Waals surface area (Å²) in [6.07, 6.45) is 4.33. The number of hydrogen-bond donors (Lipinski definition) is 2. The van der Waals surface area contributed by atoms with Crippen LogP contribution in [0.3, 0.4) is 0 Å². The zero-order chi connectivity index (χ0) is 30.4. The Hall–Kier alpha value is -3.50.